The molecule has 3 aliphatic rings. The molecule has 0 bridgehead atoms. The lowest BCUT2D eigenvalue weighted by atomic mass is 9.83. The summed E-state index contributed by atoms with van der Waals surface area (Å²) in [6.07, 6.45) is 7.91. The van der Waals surface area contributed by atoms with Crippen LogP contribution in [0.25, 0.3) is 0 Å². The molecule has 2 fully saturated rings. The Bertz CT molecular complexity index is 431. The molecule has 102 valence electrons. The Labute approximate surface area is 115 Å². The van der Waals surface area contributed by atoms with Gasteiger partial charge in [-0.1, -0.05) is 24.6 Å². The zero-order valence-corrected chi connectivity index (χ0v) is 11.6. The van der Waals surface area contributed by atoms with Crippen molar-refractivity contribution in [1.82, 2.24) is 4.90 Å². The lowest BCUT2D eigenvalue weighted by molar-refractivity contribution is 0.0109. The number of hydrogen-bond donors (Lipinski definition) is 0. The van der Waals surface area contributed by atoms with E-state index in [9.17, 15) is 0 Å². The van der Waals surface area contributed by atoms with E-state index in [2.05, 4.69) is 29.2 Å². The predicted molar refractivity (Wildman–Crippen MR) is 76.5 cm³/mol. The molecule has 1 saturated heterocycles. The van der Waals surface area contributed by atoms with Crippen molar-refractivity contribution in [1.29, 1.82) is 0 Å². The third-order valence-corrected chi connectivity index (χ3v) is 5.32. The van der Waals surface area contributed by atoms with Crippen molar-refractivity contribution in [2.45, 2.75) is 44.1 Å². The molecule has 0 aromatic heterocycles. The third kappa shape index (κ3) is 2.16. The summed E-state index contributed by atoms with van der Waals surface area (Å²) >= 11 is 0. The molecule has 19 heavy (non-hydrogen) atoms. The molecule has 1 aromatic rings. The maximum absolute atomic E-state index is 6.30. The van der Waals surface area contributed by atoms with Crippen LogP contribution in [0.1, 0.15) is 37.7 Å². The predicted octanol–water partition coefficient (Wildman–Crippen LogP) is 3.26. The van der Waals surface area contributed by atoms with Gasteiger partial charge < -0.3 is 9.64 Å². The van der Waals surface area contributed by atoms with E-state index >= 15 is 0 Å². The molecule has 1 saturated carbocycles. The minimum atomic E-state index is 0.125. The van der Waals surface area contributed by atoms with Crippen LogP contribution >= 0.6 is 0 Å². The van der Waals surface area contributed by atoms with E-state index < -0.39 is 0 Å². The minimum absolute atomic E-state index is 0.125. The molecule has 1 aromatic carbocycles. The van der Waals surface area contributed by atoms with Crippen LogP contribution in [0.3, 0.4) is 0 Å². The van der Waals surface area contributed by atoms with Crippen LogP contribution in [0.15, 0.2) is 24.3 Å². The Morgan fingerprint density at radius 1 is 1.16 bits per heavy atom. The summed E-state index contributed by atoms with van der Waals surface area (Å²) in [5.41, 5.74) is 1.54. The monoisotopic (exact) mass is 257 g/mol. The van der Waals surface area contributed by atoms with E-state index in [1.807, 2.05) is 0 Å². The van der Waals surface area contributed by atoms with Gasteiger partial charge in [-0.3, -0.25) is 0 Å². The van der Waals surface area contributed by atoms with E-state index in [-0.39, 0.29) is 5.60 Å². The highest BCUT2D eigenvalue weighted by Gasteiger charge is 2.42. The fourth-order valence-electron chi connectivity index (χ4n) is 3.83. The first-order chi connectivity index (χ1) is 9.33. The van der Waals surface area contributed by atoms with Gasteiger partial charge >= 0.3 is 0 Å². The van der Waals surface area contributed by atoms with Crippen LogP contribution in [0.5, 0.6) is 5.75 Å². The molecule has 2 heterocycles. The third-order valence-electron chi connectivity index (χ3n) is 5.32. The SMILES string of the molecule is c1ccc2c(c1)CC1(CCN(CC3CCC3)CC1)O2. The van der Waals surface area contributed by atoms with Crippen LogP contribution in [-0.4, -0.2) is 30.1 Å². The molecule has 0 unspecified atom stereocenters. The van der Waals surface area contributed by atoms with Crippen molar-refractivity contribution in [3.8, 4) is 5.75 Å². The number of nitrogens with zero attached hydrogens (tertiary/aromatic N) is 1. The second kappa shape index (κ2) is 4.52. The summed E-state index contributed by atoms with van der Waals surface area (Å²) < 4.78 is 6.30. The Kier molecular flexibility index (Phi) is 2.80. The van der Waals surface area contributed by atoms with Crippen molar-refractivity contribution in [2.24, 2.45) is 5.92 Å². The summed E-state index contributed by atoms with van der Waals surface area (Å²) in [5.74, 6) is 2.13. The number of rotatable bonds is 2. The van der Waals surface area contributed by atoms with E-state index in [0.29, 0.717) is 0 Å². The number of benzene rings is 1. The van der Waals surface area contributed by atoms with E-state index in [0.717, 1.165) is 18.1 Å². The lowest BCUT2D eigenvalue weighted by Gasteiger charge is -2.41. The minimum Gasteiger partial charge on any atom is -0.487 e. The van der Waals surface area contributed by atoms with Gasteiger partial charge in [0.05, 0.1) is 0 Å². The second-order valence-corrected chi connectivity index (χ2v) is 6.67. The molecule has 1 spiro atoms. The van der Waals surface area contributed by atoms with E-state index in [4.69, 9.17) is 4.74 Å². The van der Waals surface area contributed by atoms with Crippen molar-refractivity contribution < 1.29 is 4.74 Å². The van der Waals surface area contributed by atoms with Gasteiger partial charge in [0.1, 0.15) is 11.4 Å². The molecule has 0 radical (unpaired) electrons. The fourth-order valence-corrected chi connectivity index (χ4v) is 3.83. The average Bonchev–Trinajstić information content (AvgIpc) is 2.74. The molecule has 1 aliphatic carbocycles. The zero-order chi connectivity index (χ0) is 12.7. The normalized spacial score (nSPS) is 25.9. The number of likely N-dealkylation sites (tertiary alicyclic amines) is 1. The first-order valence-corrected chi connectivity index (χ1v) is 7.82. The standard InChI is InChI=1S/C17H23NO/c1-2-7-16-15(6-1)12-17(19-16)8-10-18(11-9-17)13-14-4-3-5-14/h1-2,6-7,14H,3-5,8-13H2. The van der Waals surface area contributed by atoms with E-state index in [1.54, 1.807) is 0 Å². The molecule has 2 nitrogen and oxygen atoms in total. The topological polar surface area (TPSA) is 12.5 Å². The molecule has 2 heteroatoms. The number of ether oxygens (including phenoxy) is 1. The van der Waals surface area contributed by atoms with Gasteiger partial charge in [-0.15, -0.1) is 0 Å². The van der Waals surface area contributed by atoms with Gasteiger partial charge in [0, 0.05) is 38.9 Å². The maximum Gasteiger partial charge on any atom is 0.123 e. The lowest BCUT2D eigenvalue weighted by Crippen LogP contribution is -2.48. The highest BCUT2D eigenvalue weighted by molar-refractivity contribution is 5.39. The molecule has 4 rings (SSSR count). The second-order valence-electron chi connectivity index (χ2n) is 6.67. The largest absolute Gasteiger partial charge is 0.487 e. The summed E-state index contributed by atoms with van der Waals surface area (Å²) in [7, 11) is 0. The van der Waals surface area contributed by atoms with Gasteiger partial charge in [-0.05, 0) is 30.4 Å². The van der Waals surface area contributed by atoms with Gasteiger partial charge in [-0.2, -0.15) is 0 Å². The molecule has 0 N–H and O–H groups in total. The van der Waals surface area contributed by atoms with Gasteiger partial charge in [-0.25, -0.2) is 0 Å². The summed E-state index contributed by atoms with van der Waals surface area (Å²) in [4.78, 5) is 2.67. The van der Waals surface area contributed by atoms with Crippen LogP contribution < -0.4 is 4.74 Å². The summed E-state index contributed by atoms with van der Waals surface area (Å²) in [6, 6.07) is 8.58. The Morgan fingerprint density at radius 3 is 2.63 bits per heavy atom. The van der Waals surface area contributed by atoms with Crippen LogP contribution in [0.2, 0.25) is 0 Å². The number of piperidine rings is 1. The first kappa shape index (κ1) is 11.8. The number of fused-ring (bicyclic) bond motifs is 1. The zero-order valence-electron chi connectivity index (χ0n) is 11.6. The molecule has 2 aliphatic heterocycles. The van der Waals surface area contributed by atoms with Crippen molar-refractivity contribution in [3.63, 3.8) is 0 Å². The Hall–Kier alpha value is -1.02. The fraction of sp³-hybridized carbons (Fsp3) is 0.647. The van der Waals surface area contributed by atoms with Crippen LogP contribution in [0.4, 0.5) is 0 Å². The number of hydrogen-bond acceptors (Lipinski definition) is 2. The van der Waals surface area contributed by atoms with Crippen molar-refractivity contribution >= 4 is 0 Å². The Balaban J connectivity index is 1.38. The van der Waals surface area contributed by atoms with Gasteiger partial charge in [0.2, 0.25) is 0 Å². The summed E-state index contributed by atoms with van der Waals surface area (Å²) in [5, 5.41) is 0. The molecular formula is C17H23NO. The molecule has 0 amide bonds. The highest BCUT2D eigenvalue weighted by atomic mass is 16.5. The molecule has 0 atom stereocenters. The summed E-state index contributed by atoms with van der Waals surface area (Å²) in [6.45, 7) is 3.79. The average molecular weight is 257 g/mol. The van der Waals surface area contributed by atoms with Gasteiger partial charge in [0.15, 0.2) is 0 Å². The molecular weight excluding hydrogens is 234 g/mol. The van der Waals surface area contributed by atoms with Crippen molar-refractivity contribution in [3.05, 3.63) is 29.8 Å². The Morgan fingerprint density at radius 2 is 1.95 bits per heavy atom. The highest BCUT2D eigenvalue weighted by Crippen LogP contribution is 2.41. The first-order valence-electron chi connectivity index (χ1n) is 7.82. The smallest absolute Gasteiger partial charge is 0.123 e. The quantitative estimate of drug-likeness (QED) is 0.806. The van der Waals surface area contributed by atoms with Crippen LogP contribution in [-0.2, 0) is 6.42 Å². The van der Waals surface area contributed by atoms with E-state index in [1.165, 1.54) is 57.3 Å². The van der Waals surface area contributed by atoms with Crippen molar-refractivity contribution in [2.75, 3.05) is 19.6 Å². The number of para-hydroxylation sites is 1. The van der Waals surface area contributed by atoms with Crippen LogP contribution in [0, 0.1) is 5.92 Å². The maximum atomic E-state index is 6.30. The van der Waals surface area contributed by atoms with Gasteiger partial charge in [0.25, 0.3) is 0 Å².